The first-order chi connectivity index (χ1) is 9.30. The minimum absolute atomic E-state index is 0.232. The molecule has 0 unspecified atom stereocenters. The van der Waals surface area contributed by atoms with E-state index in [1.54, 1.807) is 0 Å². The van der Waals surface area contributed by atoms with Gasteiger partial charge in [0.1, 0.15) is 6.61 Å². The first kappa shape index (κ1) is 13.0. The maximum Gasteiger partial charge on any atom is 0.252 e. The first-order valence-corrected chi connectivity index (χ1v) is 7.01. The molecule has 0 aromatic carbocycles. The number of aromatic nitrogens is 2. The monoisotopic (exact) mass is 268 g/mol. The molecule has 6 nitrogen and oxygen atoms in total. The van der Waals surface area contributed by atoms with Crippen LogP contribution in [0.3, 0.4) is 0 Å². The summed E-state index contributed by atoms with van der Waals surface area (Å²) >= 11 is 0. The molecule has 1 saturated carbocycles. The van der Waals surface area contributed by atoms with E-state index in [2.05, 4.69) is 10.1 Å². The Morgan fingerprint density at radius 1 is 1.26 bits per heavy atom. The summed E-state index contributed by atoms with van der Waals surface area (Å²) in [6.07, 6.45) is 4.73. The Morgan fingerprint density at radius 3 is 2.63 bits per heavy atom. The van der Waals surface area contributed by atoms with Crippen LogP contribution in [0.15, 0.2) is 4.52 Å². The Morgan fingerprint density at radius 2 is 2.00 bits per heavy atom. The Bertz CT molecular complexity index is 405. The Hall–Kier alpha value is -0.980. The van der Waals surface area contributed by atoms with Crippen LogP contribution in [0, 0.1) is 0 Å². The van der Waals surface area contributed by atoms with E-state index < -0.39 is 0 Å². The van der Waals surface area contributed by atoms with Crippen LogP contribution in [0.2, 0.25) is 0 Å². The summed E-state index contributed by atoms with van der Waals surface area (Å²) in [6.45, 7) is 3.82. The molecular formula is C13H20N2O4. The summed E-state index contributed by atoms with van der Waals surface area (Å²) in [7, 11) is 0. The Labute approximate surface area is 112 Å². The average Bonchev–Trinajstić information content (AvgIpc) is 3.08. The van der Waals surface area contributed by atoms with E-state index in [4.69, 9.17) is 18.7 Å². The summed E-state index contributed by atoms with van der Waals surface area (Å²) in [4.78, 5) is 4.23. The molecule has 1 aliphatic heterocycles. The second kappa shape index (κ2) is 5.56. The van der Waals surface area contributed by atoms with Gasteiger partial charge < -0.3 is 18.7 Å². The molecule has 0 N–H and O–H groups in total. The zero-order valence-corrected chi connectivity index (χ0v) is 11.3. The highest BCUT2D eigenvalue weighted by molar-refractivity contribution is 4.85. The van der Waals surface area contributed by atoms with Crippen molar-refractivity contribution in [3.8, 4) is 0 Å². The maximum absolute atomic E-state index is 5.82. The SMILES string of the molecule is CCc1noc(COC2CCC3(CC2)OCCO3)n1. The van der Waals surface area contributed by atoms with E-state index in [0.29, 0.717) is 25.7 Å². The molecule has 0 amide bonds. The van der Waals surface area contributed by atoms with Crippen LogP contribution in [-0.4, -0.2) is 35.2 Å². The number of ether oxygens (including phenoxy) is 3. The quantitative estimate of drug-likeness (QED) is 0.830. The molecule has 1 aromatic rings. The fraction of sp³-hybridized carbons (Fsp3) is 0.846. The van der Waals surface area contributed by atoms with Gasteiger partial charge >= 0.3 is 0 Å². The number of nitrogens with zero attached hydrogens (tertiary/aromatic N) is 2. The lowest BCUT2D eigenvalue weighted by Crippen LogP contribution is -2.37. The highest BCUT2D eigenvalue weighted by atomic mass is 16.7. The first-order valence-electron chi connectivity index (χ1n) is 7.01. The molecule has 2 aliphatic rings. The topological polar surface area (TPSA) is 66.6 Å². The van der Waals surface area contributed by atoms with E-state index in [9.17, 15) is 0 Å². The van der Waals surface area contributed by atoms with Crippen LogP contribution < -0.4 is 0 Å². The Kier molecular flexibility index (Phi) is 3.81. The van der Waals surface area contributed by atoms with Gasteiger partial charge in [-0.25, -0.2) is 0 Å². The molecule has 1 saturated heterocycles. The van der Waals surface area contributed by atoms with Crippen molar-refractivity contribution >= 4 is 0 Å². The van der Waals surface area contributed by atoms with Crippen molar-refractivity contribution in [3.05, 3.63) is 11.7 Å². The number of hydrogen-bond acceptors (Lipinski definition) is 6. The third-order valence-corrected chi connectivity index (χ3v) is 3.78. The second-order valence-electron chi connectivity index (χ2n) is 5.08. The molecule has 1 spiro atoms. The van der Waals surface area contributed by atoms with Gasteiger partial charge in [-0.1, -0.05) is 12.1 Å². The van der Waals surface area contributed by atoms with Gasteiger partial charge in [-0.2, -0.15) is 4.98 Å². The number of aryl methyl sites for hydroxylation is 1. The van der Waals surface area contributed by atoms with Gasteiger partial charge in [0.2, 0.25) is 0 Å². The van der Waals surface area contributed by atoms with Crippen molar-refractivity contribution in [2.45, 2.75) is 57.5 Å². The van der Waals surface area contributed by atoms with E-state index in [1.807, 2.05) is 6.92 Å². The van der Waals surface area contributed by atoms with Crippen LogP contribution in [0.1, 0.15) is 44.3 Å². The Balaban J connectivity index is 1.44. The second-order valence-corrected chi connectivity index (χ2v) is 5.08. The highest BCUT2D eigenvalue weighted by Crippen LogP contribution is 2.36. The summed E-state index contributed by atoms with van der Waals surface area (Å²) in [6, 6.07) is 0. The van der Waals surface area contributed by atoms with Crippen molar-refractivity contribution in [1.82, 2.24) is 10.1 Å². The van der Waals surface area contributed by atoms with Crippen LogP contribution in [-0.2, 0) is 27.2 Å². The van der Waals surface area contributed by atoms with Gasteiger partial charge in [-0.15, -0.1) is 0 Å². The van der Waals surface area contributed by atoms with Crippen molar-refractivity contribution < 1.29 is 18.7 Å². The number of rotatable bonds is 4. The van der Waals surface area contributed by atoms with Crippen LogP contribution in [0.4, 0.5) is 0 Å². The summed E-state index contributed by atoms with van der Waals surface area (Å²) in [5.41, 5.74) is 0. The molecule has 106 valence electrons. The predicted octanol–water partition coefficient (Wildman–Crippen LogP) is 1.83. The minimum atomic E-state index is -0.320. The molecule has 0 radical (unpaired) electrons. The lowest BCUT2D eigenvalue weighted by molar-refractivity contribution is -0.193. The predicted molar refractivity (Wildman–Crippen MR) is 65.4 cm³/mol. The van der Waals surface area contributed by atoms with Gasteiger partial charge in [0.25, 0.3) is 5.89 Å². The van der Waals surface area contributed by atoms with E-state index in [0.717, 1.165) is 37.9 Å². The summed E-state index contributed by atoms with van der Waals surface area (Å²) in [5, 5.41) is 3.85. The van der Waals surface area contributed by atoms with Crippen molar-refractivity contribution in [1.29, 1.82) is 0 Å². The summed E-state index contributed by atoms with van der Waals surface area (Å²) < 4.78 is 22.3. The minimum Gasteiger partial charge on any atom is -0.368 e. The molecule has 3 rings (SSSR count). The van der Waals surface area contributed by atoms with Crippen molar-refractivity contribution in [2.24, 2.45) is 0 Å². The van der Waals surface area contributed by atoms with Gasteiger partial charge in [-0.05, 0) is 12.8 Å². The molecular weight excluding hydrogens is 248 g/mol. The van der Waals surface area contributed by atoms with Gasteiger partial charge in [0, 0.05) is 19.3 Å². The molecule has 0 atom stereocenters. The molecule has 1 aromatic heterocycles. The zero-order chi connectivity index (χ0) is 13.1. The fourth-order valence-electron chi connectivity index (χ4n) is 2.67. The van der Waals surface area contributed by atoms with Crippen molar-refractivity contribution in [3.63, 3.8) is 0 Å². The van der Waals surface area contributed by atoms with Crippen molar-refractivity contribution in [2.75, 3.05) is 13.2 Å². The zero-order valence-electron chi connectivity index (χ0n) is 11.3. The third-order valence-electron chi connectivity index (χ3n) is 3.78. The van der Waals surface area contributed by atoms with E-state index in [-0.39, 0.29) is 11.9 Å². The standard InChI is InChI=1S/C13H20N2O4/c1-2-11-14-12(19-15-11)9-16-10-3-5-13(6-4-10)17-7-8-18-13/h10H,2-9H2,1H3. The number of hydrogen-bond donors (Lipinski definition) is 0. The van der Waals surface area contributed by atoms with E-state index in [1.165, 1.54) is 0 Å². The van der Waals surface area contributed by atoms with Crippen LogP contribution >= 0.6 is 0 Å². The normalized spacial score (nSPS) is 23.2. The van der Waals surface area contributed by atoms with Gasteiger partial charge in [0.15, 0.2) is 11.6 Å². The van der Waals surface area contributed by atoms with Gasteiger partial charge in [0.05, 0.1) is 19.3 Å². The van der Waals surface area contributed by atoms with Gasteiger partial charge in [-0.3, -0.25) is 0 Å². The molecule has 19 heavy (non-hydrogen) atoms. The largest absolute Gasteiger partial charge is 0.368 e. The average molecular weight is 268 g/mol. The fourth-order valence-corrected chi connectivity index (χ4v) is 2.67. The lowest BCUT2D eigenvalue weighted by atomic mass is 9.92. The maximum atomic E-state index is 5.82. The lowest BCUT2D eigenvalue weighted by Gasteiger charge is -2.34. The molecule has 0 bridgehead atoms. The highest BCUT2D eigenvalue weighted by Gasteiger charge is 2.40. The van der Waals surface area contributed by atoms with Crippen LogP contribution in [0.5, 0.6) is 0 Å². The third kappa shape index (κ3) is 2.96. The summed E-state index contributed by atoms with van der Waals surface area (Å²) in [5.74, 6) is 0.971. The molecule has 2 heterocycles. The molecule has 2 fully saturated rings. The van der Waals surface area contributed by atoms with Crippen LogP contribution in [0.25, 0.3) is 0 Å². The molecule has 6 heteroatoms. The smallest absolute Gasteiger partial charge is 0.252 e. The van der Waals surface area contributed by atoms with E-state index >= 15 is 0 Å². The molecule has 1 aliphatic carbocycles.